The molecule has 0 fully saturated rings. The number of nitrogens with one attached hydrogen (secondary N) is 1. The predicted molar refractivity (Wildman–Crippen MR) is 126 cm³/mol. The van der Waals surface area contributed by atoms with Crippen LogP contribution in [0.5, 0.6) is 0 Å². The zero-order valence-electron chi connectivity index (χ0n) is 18.2. The van der Waals surface area contributed by atoms with Gasteiger partial charge >= 0.3 is 0 Å². The third kappa shape index (κ3) is 4.28. The molecule has 3 heterocycles. The zero-order chi connectivity index (χ0) is 23.9. The molecule has 0 amide bonds. The lowest BCUT2D eigenvalue weighted by Crippen LogP contribution is -2.16. The molecule has 33 heavy (non-hydrogen) atoms. The van der Waals surface area contributed by atoms with Gasteiger partial charge in [0.05, 0.1) is 23.5 Å². The number of anilines is 1. The van der Waals surface area contributed by atoms with Crippen molar-refractivity contribution in [3.8, 4) is 16.8 Å². The van der Waals surface area contributed by atoms with E-state index in [1.807, 2.05) is 32.9 Å². The molecule has 4 rings (SSSR count). The molecule has 1 aromatic carbocycles. The van der Waals surface area contributed by atoms with Crippen molar-refractivity contribution in [1.82, 2.24) is 24.4 Å². The van der Waals surface area contributed by atoms with Crippen LogP contribution in [-0.2, 0) is 10.0 Å². The van der Waals surface area contributed by atoms with E-state index < -0.39 is 15.6 Å². The molecule has 0 radical (unpaired) electrons. The van der Waals surface area contributed by atoms with Crippen LogP contribution in [0.4, 0.5) is 5.69 Å². The smallest absolute Gasteiger partial charge is 0.277 e. The molecule has 12 heteroatoms. The predicted octanol–water partition coefficient (Wildman–Crippen LogP) is 2.99. The molecule has 0 unspecified atom stereocenters. The second-order valence-electron chi connectivity index (χ2n) is 7.49. The topological polar surface area (TPSA) is 135 Å². The van der Waals surface area contributed by atoms with E-state index in [0.29, 0.717) is 10.0 Å². The van der Waals surface area contributed by atoms with E-state index >= 15 is 0 Å². The maximum atomic E-state index is 12.7. The average molecular weight is 482 g/mol. The van der Waals surface area contributed by atoms with Crippen LogP contribution in [0.2, 0.25) is 0 Å². The van der Waals surface area contributed by atoms with Gasteiger partial charge in [-0.1, -0.05) is 29.0 Å². The molecular weight excluding hydrogens is 462 g/mol. The SMILES string of the molecule is Cc1cc(C)c(C=CS(=O)(=O)Nc2cnc3c(-c4nnc(C)s4)c(=O)n(C#N)n3c2)c(C)c1. The Hall–Kier alpha value is -3.82. The maximum Gasteiger partial charge on any atom is 0.293 e. The van der Waals surface area contributed by atoms with Gasteiger partial charge in [0, 0.05) is 0 Å². The highest BCUT2D eigenvalue weighted by atomic mass is 32.2. The minimum Gasteiger partial charge on any atom is -0.277 e. The van der Waals surface area contributed by atoms with E-state index in [4.69, 9.17) is 0 Å². The summed E-state index contributed by atoms with van der Waals surface area (Å²) < 4.78 is 29.7. The van der Waals surface area contributed by atoms with Crippen molar-refractivity contribution in [1.29, 1.82) is 5.26 Å². The van der Waals surface area contributed by atoms with Crippen molar-refractivity contribution >= 4 is 38.8 Å². The Labute approximate surface area is 193 Å². The minimum atomic E-state index is -3.89. The first-order valence-electron chi connectivity index (χ1n) is 9.72. The number of fused-ring (bicyclic) bond motifs is 1. The van der Waals surface area contributed by atoms with Gasteiger partial charge in [-0.25, -0.2) is 17.9 Å². The first-order chi connectivity index (χ1) is 15.6. The Balaban J connectivity index is 1.71. The summed E-state index contributed by atoms with van der Waals surface area (Å²) in [5.41, 5.74) is 3.61. The van der Waals surface area contributed by atoms with Crippen LogP contribution < -0.4 is 10.3 Å². The molecule has 4 aromatic rings. The molecule has 0 spiro atoms. The van der Waals surface area contributed by atoms with E-state index in [2.05, 4.69) is 19.9 Å². The molecule has 10 nitrogen and oxygen atoms in total. The van der Waals surface area contributed by atoms with Gasteiger partial charge in [0.15, 0.2) is 10.7 Å². The Morgan fingerprint density at radius 1 is 1.15 bits per heavy atom. The molecule has 0 saturated carbocycles. The Morgan fingerprint density at radius 3 is 2.45 bits per heavy atom. The largest absolute Gasteiger partial charge is 0.293 e. The third-order valence-electron chi connectivity index (χ3n) is 4.90. The molecule has 0 aliphatic carbocycles. The number of benzene rings is 1. The summed E-state index contributed by atoms with van der Waals surface area (Å²) in [7, 11) is -3.89. The van der Waals surface area contributed by atoms with E-state index in [1.165, 1.54) is 34.3 Å². The lowest BCUT2D eigenvalue weighted by atomic mass is 10.0. The van der Waals surface area contributed by atoms with Crippen molar-refractivity contribution in [3.05, 3.63) is 67.5 Å². The molecule has 0 saturated heterocycles. The minimum absolute atomic E-state index is 0.0866. The van der Waals surface area contributed by atoms with Crippen molar-refractivity contribution in [2.24, 2.45) is 0 Å². The van der Waals surface area contributed by atoms with Crippen LogP contribution in [0, 0.1) is 39.1 Å². The fourth-order valence-electron chi connectivity index (χ4n) is 3.59. The normalized spacial score (nSPS) is 11.8. The van der Waals surface area contributed by atoms with Gasteiger partial charge in [-0.2, -0.15) is 5.26 Å². The van der Waals surface area contributed by atoms with Gasteiger partial charge < -0.3 is 0 Å². The average Bonchev–Trinajstić information content (AvgIpc) is 3.26. The molecule has 1 N–H and O–H groups in total. The van der Waals surface area contributed by atoms with E-state index in [9.17, 15) is 18.5 Å². The van der Waals surface area contributed by atoms with Crippen molar-refractivity contribution in [2.75, 3.05) is 4.72 Å². The number of sulfonamides is 1. The quantitative estimate of drug-likeness (QED) is 0.463. The highest BCUT2D eigenvalue weighted by Gasteiger charge is 2.21. The fourth-order valence-corrected chi connectivity index (χ4v) is 5.13. The van der Waals surface area contributed by atoms with Gasteiger partial charge in [0.25, 0.3) is 15.6 Å². The van der Waals surface area contributed by atoms with Crippen molar-refractivity contribution in [3.63, 3.8) is 0 Å². The Morgan fingerprint density at radius 2 is 1.85 bits per heavy atom. The summed E-state index contributed by atoms with van der Waals surface area (Å²) in [4.78, 5) is 17.0. The van der Waals surface area contributed by atoms with E-state index in [-0.39, 0.29) is 16.9 Å². The summed E-state index contributed by atoms with van der Waals surface area (Å²) in [5, 5.41) is 19.4. The maximum absolute atomic E-state index is 12.7. The number of nitriles is 1. The molecule has 0 atom stereocenters. The summed E-state index contributed by atoms with van der Waals surface area (Å²) in [6.07, 6.45) is 5.92. The molecular formula is C21H19N7O3S2. The zero-order valence-corrected chi connectivity index (χ0v) is 19.8. The Bertz CT molecular complexity index is 1610. The monoisotopic (exact) mass is 481 g/mol. The molecule has 3 aromatic heterocycles. The van der Waals surface area contributed by atoms with Gasteiger partial charge in [-0.3, -0.25) is 9.52 Å². The third-order valence-corrected chi connectivity index (χ3v) is 6.77. The van der Waals surface area contributed by atoms with Gasteiger partial charge in [-0.05, 0) is 50.5 Å². The highest BCUT2D eigenvalue weighted by molar-refractivity contribution is 7.95. The summed E-state index contributed by atoms with van der Waals surface area (Å²) in [6, 6.07) is 3.96. The first kappa shape index (κ1) is 22.4. The highest BCUT2D eigenvalue weighted by Crippen LogP contribution is 2.25. The van der Waals surface area contributed by atoms with Crippen molar-refractivity contribution < 1.29 is 8.42 Å². The van der Waals surface area contributed by atoms with Crippen LogP contribution in [0.15, 0.2) is 34.7 Å². The summed E-state index contributed by atoms with van der Waals surface area (Å²) >= 11 is 1.20. The number of hydrogen-bond acceptors (Lipinski definition) is 8. The summed E-state index contributed by atoms with van der Waals surface area (Å²) in [6.45, 7) is 7.56. The van der Waals surface area contributed by atoms with Gasteiger partial charge in [-0.15, -0.1) is 14.9 Å². The standard InChI is InChI=1S/C21H19N7O3S2/c1-12-7-13(2)17(14(3)8-12)5-6-33(30,31)26-16-9-23-19-18(20-25-24-15(4)32-20)21(29)28(11-22)27(19)10-16/h5-10,26H,1-4H3. The van der Waals surface area contributed by atoms with E-state index in [1.54, 1.807) is 13.1 Å². The first-order valence-corrected chi connectivity index (χ1v) is 12.1. The van der Waals surface area contributed by atoms with Crippen LogP contribution in [-0.4, -0.2) is 32.8 Å². The molecule has 0 bridgehead atoms. The van der Waals surface area contributed by atoms with Gasteiger partial charge in [0.1, 0.15) is 10.6 Å². The van der Waals surface area contributed by atoms with Crippen molar-refractivity contribution in [2.45, 2.75) is 27.7 Å². The number of hydrogen-bond donors (Lipinski definition) is 1. The number of nitrogens with zero attached hydrogens (tertiary/aromatic N) is 6. The van der Waals surface area contributed by atoms with Crippen LogP contribution in [0.1, 0.15) is 27.3 Å². The number of rotatable bonds is 5. The fraction of sp³-hybridized carbons (Fsp3) is 0.190. The van der Waals surface area contributed by atoms with Crippen LogP contribution in [0.3, 0.4) is 0 Å². The second-order valence-corrected chi connectivity index (χ2v) is 10.2. The molecule has 0 aliphatic heterocycles. The number of aryl methyl sites for hydroxylation is 4. The van der Waals surface area contributed by atoms with Crippen LogP contribution in [0.25, 0.3) is 22.3 Å². The van der Waals surface area contributed by atoms with E-state index in [0.717, 1.165) is 32.3 Å². The second kappa shape index (κ2) is 8.27. The lowest BCUT2D eigenvalue weighted by molar-refractivity contribution is 0.609. The number of aromatic nitrogens is 5. The lowest BCUT2D eigenvalue weighted by Gasteiger charge is -2.08. The molecule has 0 aliphatic rings. The summed E-state index contributed by atoms with van der Waals surface area (Å²) in [5.74, 6) is 0. The molecule has 168 valence electrons. The van der Waals surface area contributed by atoms with Gasteiger partial charge in [0.2, 0.25) is 6.19 Å². The Kier molecular flexibility index (Phi) is 5.61. The van der Waals surface area contributed by atoms with Crippen LogP contribution >= 0.6 is 11.3 Å².